The number of halogens is 1. The van der Waals surface area contributed by atoms with E-state index in [0.29, 0.717) is 48.5 Å². The summed E-state index contributed by atoms with van der Waals surface area (Å²) in [5.74, 6) is -1.80. The van der Waals surface area contributed by atoms with Gasteiger partial charge in [-0.1, -0.05) is 23.7 Å². The summed E-state index contributed by atoms with van der Waals surface area (Å²) in [6.45, 7) is -0.0423. The Labute approximate surface area is 196 Å². The van der Waals surface area contributed by atoms with Crippen molar-refractivity contribution in [1.82, 2.24) is 4.57 Å². The molecule has 7 nitrogen and oxygen atoms in total. The van der Waals surface area contributed by atoms with E-state index in [-0.39, 0.29) is 12.2 Å². The van der Waals surface area contributed by atoms with Gasteiger partial charge in [0.05, 0.1) is 24.1 Å². The number of benzene rings is 2. The third kappa shape index (κ3) is 4.18. The van der Waals surface area contributed by atoms with Crippen LogP contribution >= 0.6 is 22.9 Å². The highest BCUT2D eigenvalue weighted by atomic mass is 35.5. The fraction of sp³-hybridized carbons (Fsp3) is 0.0833. The molecule has 9 heteroatoms. The largest absolute Gasteiger partial charge is 0.477 e. The Hall–Kier alpha value is -3.75. The quantitative estimate of drug-likeness (QED) is 0.315. The Balaban J connectivity index is 1.99. The maximum Gasteiger partial charge on any atom is 0.353 e. The molecule has 2 aromatic carbocycles. The van der Waals surface area contributed by atoms with Gasteiger partial charge in [-0.2, -0.15) is 0 Å². The second kappa shape index (κ2) is 9.01. The van der Waals surface area contributed by atoms with Crippen LogP contribution in [0.15, 0.2) is 59.4 Å². The number of aromatic carboxylic acids is 1. The zero-order valence-corrected chi connectivity index (χ0v) is 18.8. The molecule has 33 heavy (non-hydrogen) atoms. The van der Waals surface area contributed by atoms with E-state index in [4.69, 9.17) is 16.3 Å². The van der Waals surface area contributed by atoms with Crippen molar-refractivity contribution in [3.8, 4) is 10.4 Å². The minimum absolute atomic E-state index is 0.0423. The molecule has 166 valence electrons. The Morgan fingerprint density at radius 1 is 1.09 bits per heavy atom. The van der Waals surface area contributed by atoms with Crippen LogP contribution < -0.4 is 5.56 Å². The van der Waals surface area contributed by atoms with Crippen LogP contribution in [0.2, 0.25) is 5.02 Å². The first kappa shape index (κ1) is 22.4. The standard InChI is InChI=1S/C24H16ClNO6S/c1-32-24(31)14-4-2-13(3-5-14)11-26-21(23(29)30)20(19-9-7-16(12-27)33-19)18-10-15(25)6-8-17(18)22(26)28/h2-10,12H,11H2,1H3,(H,29,30). The molecule has 2 aromatic heterocycles. The number of aromatic nitrogens is 1. The highest BCUT2D eigenvalue weighted by Crippen LogP contribution is 2.36. The number of esters is 1. The van der Waals surface area contributed by atoms with Crippen molar-refractivity contribution in [3.05, 3.63) is 91.7 Å². The Bertz CT molecular complexity index is 1470. The number of nitrogens with zero attached hydrogens (tertiary/aromatic N) is 1. The number of carboxylic acid groups (broad SMARTS) is 1. The van der Waals surface area contributed by atoms with Gasteiger partial charge in [-0.05, 0) is 53.4 Å². The van der Waals surface area contributed by atoms with Crippen molar-refractivity contribution in [2.24, 2.45) is 0 Å². The van der Waals surface area contributed by atoms with Crippen molar-refractivity contribution in [1.29, 1.82) is 0 Å². The molecular formula is C24H16ClNO6S. The molecule has 0 aliphatic heterocycles. The minimum Gasteiger partial charge on any atom is -0.477 e. The molecule has 1 N–H and O–H groups in total. The molecule has 0 spiro atoms. The first-order valence-electron chi connectivity index (χ1n) is 9.66. The molecule has 2 heterocycles. The molecule has 0 saturated carbocycles. The van der Waals surface area contributed by atoms with Gasteiger partial charge in [-0.25, -0.2) is 9.59 Å². The Morgan fingerprint density at radius 2 is 1.82 bits per heavy atom. The number of carbonyl (C=O) groups is 3. The summed E-state index contributed by atoms with van der Waals surface area (Å²) in [6.07, 6.45) is 0.683. The van der Waals surface area contributed by atoms with Crippen LogP contribution in [0.25, 0.3) is 21.2 Å². The van der Waals surface area contributed by atoms with E-state index in [0.717, 1.165) is 11.3 Å². The monoisotopic (exact) mass is 481 g/mol. The maximum absolute atomic E-state index is 13.4. The lowest BCUT2D eigenvalue weighted by molar-refractivity contribution is 0.0599. The normalized spacial score (nSPS) is 10.8. The SMILES string of the molecule is COC(=O)c1ccc(Cn2c(C(=O)O)c(-c3ccc(C=O)s3)c3cc(Cl)ccc3c2=O)cc1. The fourth-order valence-corrected chi connectivity index (χ4v) is 4.69. The topological polar surface area (TPSA) is 103 Å². The lowest BCUT2D eigenvalue weighted by Crippen LogP contribution is -2.28. The van der Waals surface area contributed by atoms with Crippen LogP contribution in [0, 0.1) is 0 Å². The van der Waals surface area contributed by atoms with Gasteiger partial charge in [0.25, 0.3) is 5.56 Å². The molecule has 0 fully saturated rings. The number of methoxy groups -OCH3 is 1. The van der Waals surface area contributed by atoms with Gasteiger partial charge in [0, 0.05) is 20.8 Å². The Morgan fingerprint density at radius 3 is 2.42 bits per heavy atom. The van der Waals surface area contributed by atoms with E-state index in [1.165, 1.54) is 11.7 Å². The lowest BCUT2D eigenvalue weighted by Gasteiger charge is -2.17. The highest BCUT2D eigenvalue weighted by molar-refractivity contribution is 7.17. The number of thiophene rings is 1. The van der Waals surface area contributed by atoms with Crippen molar-refractivity contribution in [2.75, 3.05) is 7.11 Å². The molecule has 4 rings (SSSR count). The predicted octanol–water partition coefficient (Wildman–Crippen LogP) is 4.73. The zero-order valence-electron chi connectivity index (χ0n) is 17.2. The van der Waals surface area contributed by atoms with Crippen LogP contribution in [0.4, 0.5) is 0 Å². The van der Waals surface area contributed by atoms with E-state index in [2.05, 4.69) is 0 Å². The average Bonchev–Trinajstić information content (AvgIpc) is 3.29. The summed E-state index contributed by atoms with van der Waals surface area (Å²) in [4.78, 5) is 49.7. The summed E-state index contributed by atoms with van der Waals surface area (Å²) in [5, 5.41) is 11.2. The van der Waals surface area contributed by atoms with Crippen LogP contribution in [0.1, 0.15) is 36.1 Å². The van der Waals surface area contributed by atoms with Crippen molar-refractivity contribution in [3.63, 3.8) is 0 Å². The van der Waals surface area contributed by atoms with E-state index in [9.17, 15) is 24.3 Å². The molecule has 0 atom stereocenters. The van der Waals surface area contributed by atoms with Crippen molar-refractivity contribution >= 4 is 51.9 Å². The van der Waals surface area contributed by atoms with Gasteiger partial charge in [0.15, 0.2) is 6.29 Å². The average molecular weight is 482 g/mol. The number of carboxylic acids is 1. The number of aldehydes is 1. The minimum atomic E-state index is -1.30. The molecule has 0 aliphatic rings. The molecule has 0 aliphatic carbocycles. The van der Waals surface area contributed by atoms with Crippen molar-refractivity contribution in [2.45, 2.75) is 6.54 Å². The van der Waals surface area contributed by atoms with Gasteiger partial charge in [-0.15, -0.1) is 11.3 Å². The maximum atomic E-state index is 13.4. The molecule has 0 saturated heterocycles. The molecular weight excluding hydrogens is 466 g/mol. The molecule has 0 bridgehead atoms. The number of hydrogen-bond donors (Lipinski definition) is 1. The zero-order chi connectivity index (χ0) is 23.7. The third-order valence-corrected chi connectivity index (χ3v) is 6.40. The Kier molecular flexibility index (Phi) is 6.13. The van der Waals surface area contributed by atoms with E-state index in [1.807, 2.05) is 0 Å². The van der Waals surface area contributed by atoms with Gasteiger partial charge in [0.2, 0.25) is 0 Å². The summed E-state index contributed by atoms with van der Waals surface area (Å²) < 4.78 is 5.87. The lowest BCUT2D eigenvalue weighted by atomic mass is 10.0. The first-order chi connectivity index (χ1) is 15.8. The van der Waals surface area contributed by atoms with Gasteiger partial charge < -0.3 is 9.84 Å². The first-order valence-corrected chi connectivity index (χ1v) is 10.9. The van der Waals surface area contributed by atoms with E-state index >= 15 is 0 Å². The summed E-state index contributed by atoms with van der Waals surface area (Å²) in [5.41, 5.74) is 0.550. The van der Waals surface area contributed by atoms with Crippen molar-refractivity contribution < 1.29 is 24.2 Å². The van der Waals surface area contributed by atoms with Crippen LogP contribution in [-0.2, 0) is 11.3 Å². The van der Waals surface area contributed by atoms with Crippen LogP contribution in [0.5, 0.6) is 0 Å². The molecule has 0 unspecified atom stereocenters. The molecule has 0 amide bonds. The van der Waals surface area contributed by atoms with Gasteiger partial charge in [-0.3, -0.25) is 14.2 Å². The number of ether oxygens (including phenoxy) is 1. The smallest absolute Gasteiger partial charge is 0.353 e. The number of hydrogen-bond acceptors (Lipinski definition) is 6. The second-order valence-electron chi connectivity index (χ2n) is 7.12. The number of carbonyl (C=O) groups excluding carboxylic acids is 2. The summed E-state index contributed by atoms with van der Waals surface area (Å²) in [7, 11) is 1.28. The van der Waals surface area contributed by atoms with Gasteiger partial charge >= 0.3 is 11.9 Å². The highest BCUT2D eigenvalue weighted by Gasteiger charge is 2.24. The summed E-state index contributed by atoms with van der Waals surface area (Å²) >= 11 is 7.30. The van der Waals surface area contributed by atoms with E-state index < -0.39 is 17.5 Å². The third-order valence-electron chi connectivity index (χ3n) is 5.14. The fourth-order valence-electron chi connectivity index (χ4n) is 3.64. The van der Waals surface area contributed by atoms with Crippen LogP contribution in [0.3, 0.4) is 0 Å². The predicted molar refractivity (Wildman–Crippen MR) is 126 cm³/mol. The number of rotatable bonds is 6. The van der Waals surface area contributed by atoms with Crippen LogP contribution in [-0.4, -0.2) is 35.0 Å². The summed E-state index contributed by atoms with van der Waals surface area (Å²) in [6, 6.07) is 14.3. The second-order valence-corrected chi connectivity index (χ2v) is 8.67. The van der Waals surface area contributed by atoms with Gasteiger partial charge in [0.1, 0.15) is 5.69 Å². The molecule has 4 aromatic rings. The molecule has 0 radical (unpaired) electrons. The number of fused-ring (bicyclic) bond motifs is 1. The number of pyridine rings is 1. The van der Waals surface area contributed by atoms with E-state index in [1.54, 1.807) is 54.6 Å².